The van der Waals surface area contributed by atoms with Crippen LogP contribution in [-0.4, -0.2) is 40.3 Å². The van der Waals surface area contributed by atoms with Gasteiger partial charge in [-0.3, -0.25) is 4.79 Å². The number of hydrogen-bond donors (Lipinski definition) is 4. The molecule has 3 N–H and O–H groups in total. The fraction of sp³-hybridized carbons (Fsp3) is 0.875. The minimum Gasteiger partial charge on any atom is -0.396 e. The molecular weight excluding hydrogens is 192 g/mol. The lowest BCUT2D eigenvalue weighted by Gasteiger charge is -2.25. The van der Waals surface area contributed by atoms with Crippen LogP contribution in [0.2, 0.25) is 0 Å². The Labute approximate surface area is 83.0 Å². The van der Waals surface area contributed by atoms with Crippen LogP contribution in [0.3, 0.4) is 0 Å². The van der Waals surface area contributed by atoms with Gasteiger partial charge in [-0.1, -0.05) is 6.92 Å². The van der Waals surface area contributed by atoms with E-state index in [1.54, 1.807) is 6.92 Å². The molecule has 0 aromatic carbocycles. The molecule has 2 atom stereocenters. The van der Waals surface area contributed by atoms with E-state index >= 15 is 0 Å². The number of rotatable bonds is 6. The Morgan fingerprint density at radius 3 is 1.92 bits per heavy atom. The summed E-state index contributed by atoms with van der Waals surface area (Å²) in [7, 11) is 0. The van der Waals surface area contributed by atoms with Crippen LogP contribution < -0.4 is 0 Å². The molecule has 0 heterocycles. The van der Waals surface area contributed by atoms with Crippen molar-refractivity contribution in [3.05, 3.63) is 0 Å². The van der Waals surface area contributed by atoms with E-state index in [9.17, 15) is 4.79 Å². The molecule has 0 spiro atoms. The molecule has 4 nitrogen and oxygen atoms in total. The van der Waals surface area contributed by atoms with E-state index in [1.165, 1.54) is 0 Å². The zero-order valence-corrected chi connectivity index (χ0v) is 8.44. The van der Waals surface area contributed by atoms with Crippen molar-refractivity contribution in [2.45, 2.75) is 6.92 Å². The predicted molar refractivity (Wildman–Crippen MR) is 51.4 cm³/mol. The van der Waals surface area contributed by atoms with E-state index in [2.05, 4.69) is 12.6 Å². The van der Waals surface area contributed by atoms with Crippen LogP contribution >= 0.6 is 12.6 Å². The predicted octanol–water partition coefficient (Wildman–Crippen LogP) is -0.712. The normalized spacial score (nSPS) is 15.8. The molecule has 78 valence electrons. The lowest BCUT2D eigenvalue weighted by molar-refractivity contribution is -0.117. The van der Waals surface area contributed by atoms with Gasteiger partial charge < -0.3 is 15.3 Å². The third kappa shape index (κ3) is 3.64. The lowest BCUT2D eigenvalue weighted by atomic mass is 9.84. The fourth-order valence-electron chi connectivity index (χ4n) is 1.23. The molecule has 0 aliphatic carbocycles. The van der Waals surface area contributed by atoms with Gasteiger partial charge in [0.05, 0.1) is 0 Å². The molecule has 0 aliphatic rings. The summed E-state index contributed by atoms with van der Waals surface area (Å²) in [5.41, 5.74) is 0. The molecule has 0 aromatic heterocycles. The zero-order valence-electron chi connectivity index (χ0n) is 7.55. The Kier molecular flexibility index (Phi) is 6.32. The third-order valence-electron chi connectivity index (χ3n) is 2.32. The number of aliphatic hydroxyl groups excluding tert-OH is 3. The first-order valence-corrected chi connectivity index (χ1v) is 4.58. The summed E-state index contributed by atoms with van der Waals surface area (Å²) in [5.74, 6) is -1.35. The van der Waals surface area contributed by atoms with Crippen LogP contribution in [0.1, 0.15) is 6.92 Å². The van der Waals surface area contributed by atoms with Crippen LogP contribution in [0.15, 0.2) is 0 Å². The molecule has 0 rings (SSSR count). The number of carbonyl (C=O) groups is 1. The van der Waals surface area contributed by atoms with E-state index in [0.717, 1.165) is 0 Å². The topological polar surface area (TPSA) is 77.8 Å². The molecule has 0 aliphatic heterocycles. The molecule has 0 radical (unpaired) electrons. The average molecular weight is 208 g/mol. The highest BCUT2D eigenvalue weighted by Crippen LogP contribution is 2.22. The molecular formula is C8H16O4S. The van der Waals surface area contributed by atoms with Gasteiger partial charge in [-0.2, -0.15) is 0 Å². The molecule has 5 heteroatoms. The summed E-state index contributed by atoms with van der Waals surface area (Å²) in [6, 6.07) is 0. The fourth-order valence-corrected chi connectivity index (χ4v) is 1.42. The first-order valence-electron chi connectivity index (χ1n) is 4.13. The van der Waals surface area contributed by atoms with Crippen molar-refractivity contribution >= 4 is 17.7 Å². The number of hydrogen-bond acceptors (Lipinski definition) is 4. The highest BCUT2D eigenvalue weighted by Gasteiger charge is 2.28. The largest absolute Gasteiger partial charge is 0.396 e. The van der Waals surface area contributed by atoms with E-state index in [1.807, 2.05) is 0 Å². The zero-order chi connectivity index (χ0) is 10.4. The number of thiol groups is 1. The highest BCUT2D eigenvalue weighted by atomic mass is 32.1. The SMILES string of the molecule is CC(C(=O)S)C(CO)C(CO)CO. The molecule has 0 saturated carbocycles. The van der Waals surface area contributed by atoms with Gasteiger partial charge in [0.15, 0.2) is 5.12 Å². The number of carbonyl (C=O) groups excluding carboxylic acids is 1. The maximum atomic E-state index is 10.9. The smallest absolute Gasteiger partial charge is 0.189 e. The van der Waals surface area contributed by atoms with Gasteiger partial charge in [0, 0.05) is 31.7 Å². The average Bonchev–Trinajstić information content (AvgIpc) is 2.12. The van der Waals surface area contributed by atoms with Crippen LogP contribution in [0, 0.1) is 17.8 Å². The van der Waals surface area contributed by atoms with Crippen molar-refractivity contribution in [2.24, 2.45) is 17.8 Å². The molecule has 13 heavy (non-hydrogen) atoms. The van der Waals surface area contributed by atoms with E-state index in [0.29, 0.717) is 0 Å². The standard InChI is InChI=1S/C8H16O4S/c1-5(8(12)13)7(4-11)6(2-9)3-10/h5-7,9-11H,2-4H2,1H3,(H,12,13). The maximum absolute atomic E-state index is 10.9. The first-order chi connectivity index (χ1) is 6.08. The maximum Gasteiger partial charge on any atom is 0.189 e. The van der Waals surface area contributed by atoms with Crippen molar-refractivity contribution in [1.82, 2.24) is 0 Å². The van der Waals surface area contributed by atoms with E-state index in [4.69, 9.17) is 15.3 Å². The van der Waals surface area contributed by atoms with E-state index < -0.39 is 17.8 Å². The molecule has 0 aromatic rings. The lowest BCUT2D eigenvalue weighted by Crippen LogP contribution is -2.32. The van der Waals surface area contributed by atoms with Crippen molar-refractivity contribution in [3.8, 4) is 0 Å². The Bertz CT molecular complexity index is 158. The molecule has 0 bridgehead atoms. The van der Waals surface area contributed by atoms with Gasteiger partial charge in [-0.05, 0) is 5.92 Å². The number of aliphatic hydroxyl groups is 3. The monoisotopic (exact) mass is 208 g/mol. The van der Waals surface area contributed by atoms with Crippen LogP contribution in [0.25, 0.3) is 0 Å². The van der Waals surface area contributed by atoms with Gasteiger partial charge in [0.1, 0.15) is 0 Å². The van der Waals surface area contributed by atoms with Gasteiger partial charge in [-0.25, -0.2) is 0 Å². The molecule has 0 fully saturated rings. The molecule has 0 saturated heterocycles. The van der Waals surface area contributed by atoms with Crippen molar-refractivity contribution < 1.29 is 20.1 Å². The van der Waals surface area contributed by atoms with Gasteiger partial charge in [-0.15, -0.1) is 12.6 Å². The van der Waals surface area contributed by atoms with E-state index in [-0.39, 0.29) is 24.9 Å². The summed E-state index contributed by atoms with van der Waals surface area (Å²) in [4.78, 5) is 10.9. The van der Waals surface area contributed by atoms with Crippen molar-refractivity contribution in [2.75, 3.05) is 19.8 Å². The second-order valence-electron chi connectivity index (χ2n) is 3.10. The summed E-state index contributed by atoms with van der Waals surface area (Å²) in [6.45, 7) is 0.897. The Hall–Kier alpha value is -0.100. The minimum atomic E-state index is -0.462. The Morgan fingerprint density at radius 2 is 1.69 bits per heavy atom. The minimum absolute atomic E-state index is 0.237. The Balaban J connectivity index is 4.37. The van der Waals surface area contributed by atoms with Gasteiger partial charge in [0.25, 0.3) is 0 Å². The van der Waals surface area contributed by atoms with Gasteiger partial charge >= 0.3 is 0 Å². The quantitative estimate of drug-likeness (QED) is 0.435. The summed E-state index contributed by atoms with van der Waals surface area (Å²) >= 11 is 3.65. The van der Waals surface area contributed by atoms with Crippen LogP contribution in [-0.2, 0) is 4.79 Å². The third-order valence-corrected chi connectivity index (χ3v) is 2.72. The first kappa shape index (κ1) is 12.9. The summed E-state index contributed by atoms with van der Waals surface area (Å²) in [6.07, 6.45) is 0. The van der Waals surface area contributed by atoms with Crippen LogP contribution in [0.5, 0.6) is 0 Å². The second kappa shape index (κ2) is 6.37. The van der Waals surface area contributed by atoms with Crippen molar-refractivity contribution in [1.29, 1.82) is 0 Å². The second-order valence-corrected chi connectivity index (χ2v) is 3.54. The van der Waals surface area contributed by atoms with Gasteiger partial charge in [0.2, 0.25) is 0 Å². The summed E-state index contributed by atoms with van der Waals surface area (Å²) in [5, 5.41) is 26.3. The van der Waals surface area contributed by atoms with Crippen LogP contribution in [0.4, 0.5) is 0 Å². The molecule has 2 unspecified atom stereocenters. The molecule has 0 amide bonds. The van der Waals surface area contributed by atoms with Crippen molar-refractivity contribution in [3.63, 3.8) is 0 Å². The summed E-state index contributed by atoms with van der Waals surface area (Å²) < 4.78 is 0. The Morgan fingerprint density at radius 1 is 1.23 bits per heavy atom. The highest BCUT2D eigenvalue weighted by molar-refractivity contribution is 7.96.